The van der Waals surface area contributed by atoms with E-state index in [1.807, 2.05) is 25.7 Å². The molecule has 0 unspecified atom stereocenters. The molecule has 4 rings (SSSR count). The quantitative estimate of drug-likeness (QED) is 0.700. The highest BCUT2D eigenvalue weighted by molar-refractivity contribution is 7.22. The van der Waals surface area contributed by atoms with Crippen LogP contribution in [0.4, 0.5) is 9.93 Å². The van der Waals surface area contributed by atoms with Crippen molar-refractivity contribution in [1.82, 2.24) is 9.88 Å². The van der Waals surface area contributed by atoms with Crippen LogP contribution in [-0.4, -0.2) is 54.4 Å². The first kappa shape index (κ1) is 20.4. The molecule has 158 valence electrons. The lowest BCUT2D eigenvalue weighted by molar-refractivity contribution is 0.00365. The minimum absolute atomic E-state index is 0.0407. The molecule has 0 aliphatic carbocycles. The van der Waals surface area contributed by atoms with Crippen molar-refractivity contribution in [2.45, 2.75) is 52.2 Å². The van der Waals surface area contributed by atoms with Crippen molar-refractivity contribution in [3.05, 3.63) is 23.8 Å². The van der Waals surface area contributed by atoms with Crippen molar-refractivity contribution in [3.8, 4) is 0 Å². The summed E-state index contributed by atoms with van der Waals surface area (Å²) in [6.07, 6.45) is 1.84. The van der Waals surface area contributed by atoms with Crippen LogP contribution in [0.2, 0.25) is 0 Å². The lowest BCUT2D eigenvalue weighted by Gasteiger charge is -2.39. The molecule has 0 radical (unpaired) electrons. The summed E-state index contributed by atoms with van der Waals surface area (Å²) in [5, 5.41) is 1.06. The fraction of sp³-hybridized carbons (Fsp3) is 0.636. The van der Waals surface area contributed by atoms with Crippen LogP contribution in [0.3, 0.4) is 0 Å². The molecular formula is C22H31N3O3S. The summed E-state index contributed by atoms with van der Waals surface area (Å²) in [6, 6.07) is 6.51. The second-order valence-electron chi connectivity index (χ2n) is 9.15. The number of likely N-dealkylation sites (tertiary alicyclic amines) is 1. The van der Waals surface area contributed by atoms with Crippen LogP contribution in [0.5, 0.6) is 0 Å². The van der Waals surface area contributed by atoms with Crippen molar-refractivity contribution in [2.75, 3.05) is 37.7 Å². The van der Waals surface area contributed by atoms with Crippen LogP contribution in [-0.2, 0) is 9.47 Å². The van der Waals surface area contributed by atoms with E-state index in [0.717, 1.165) is 61.9 Å². The molecule has 6 nitrogen and oxygen atoms in total. The minimum Gasteiger partial charge on any atom is -0.444 e. The summed E-state index contributed by atoms with van der Waals surface area (Å²) < 4.78 is 12.3. The Labute approximate surface area is 176 Å². The van der Waals surface area contributed by atoms with Crippen molar-refractivity contribution < 1.29 is 14.3 Å². The van der Waals surface area contributed by atoms with Gasteiger partial charge in [-0.2, -0.15) is 0 Å². The number of hydrogen-bond acceptors (Lipinski definition) is 6. The van der Waals surface area contributed by atoms with Gasteiger partial charge in [-0.15, -0.1) is 0 Å². The first-order chi connectivity index (χ1) is 13.8. The molecule has 7 heteroatoms. The molecule has 2 aromatic rings. The zero-order valence-electron chi connectivity index (χ0n) is 17.8. The molecule has 2 aliphatic heterocycles. The van der Waals surface area contributed by atoms with Crippen molar-refractivity contribution in [3.63, 3.8) is 0 Å². The Hall–Kier alpha value is -1.86. The van der Waals surface area contributed by atoms with Crippen LogP contribution in [0.25, 0.3) is 10.2 Å². The molecule has 1 aromatic carbocycles. The third kappa shape index (κ3) is 4.67. The predicted octanol–water partition coefficient (Wildman–Crippen LogP) is 4.84. The standard InChI is InChI=1S/C22H31N3O3S/c1-15-5-7-18(25(14-15)21(26)28-22(2,3)4)16-6-8-19-17(13-16)23-20(29-19)24-9-11-27-12-10-24/h6,8,13,15,18H,5,7,9-12,14H2,1-4H3/t15-,18+/m0/s1. The molecule has 0 spiro atoms. The van der Waals surface area contributed by atoms with Crippen molar-refractivity contribution >= 4 is 32.8 Å². The van der Waals surface area contributed by atoms with Gasteiger partial charge in [-0.1, -0.05) is 24.3 Å². The molecule has 0 saturated carbocycles. The van der Waals surface area contributed by atoms with E-state index in [-0.39, 0.29) is 12.1 Å². The zero-order valence-corrected chi connectivity index (χ0v) is 18.6. The molecule has 0 bridgehead atoms. The van der Waals surface area contributed by atoms with Gasteiger partial charge in [-0.3, -0.25) is 0 Å². The van der Waals surface area contributed by atoms with Gasteiger partial charge >= 0.3 is 6.09 Å². The molecule has 1 aromatic heterocycles. The lowest BCUT2D eigenvalue weighted by Crippen LogP contribution is -2.44. The van der Waals surface area contributed by atoms with E-state index < -0.39 is 5.60 Å². The molecule has 0 N–H and O–H groups in total. The Bertz CT molecular complexity index is 870. The van der Waals surface area contributed by atoms with E-state index in [9.17, 15) is 4.79 Å². The number of carbonyl (C=O) groups excluding carboxylic acids is 1. The third-order valence-corrected chi connectivity index (χ3v) is 6.61. The molecular weight excluding hydrogens is 386 g/mol. The Balaban J connectivity index is 1.60. The van der Waals surface area contributed by atoms with Gasteiger partial charge in [0.15, 0.2) is 5.13 Å². The molecule has 2 atom stereocenters. The molecule has 2 aliphatic rings. The molecule has 2 fully saturated rings. The maximum atomic E-state index is 12.9. The molecule has 2 saturated heterocycles. The topological polar surface area (TPSA) is 54.9 Å². The number of amides is 1. The van der Waals surface area contributed by atoms with E-state index in [1.165, 1.54) is 4.70 Å². The summed E-state index contributed by atoms with van der Waals surface area (Å²) >= 11 is 1.73. The summed E-state index contributed by atoms with van der Waals surface area (Å²) in [5.41, 5.74) is 1.67. The first-order valence-electron chi connectivity index (χ1n) is 10.5. The highest BCUT2D eigenvalue weighted by atomic mass is 32.1. The Kier molecular flexibility index (Phi) is 5.71. The maximum absolute atomic E-state index is 12.9. The summed E-state index contributed by atoms with van der Waals surface area (Å²) in [4.78, 5) is 22.0. The van der Waals surface area contributed by atoms with E-state index in [2.05, 4.69) is 30.0 Å². The van der Waals surface area contributed by atoms with Gasteiger partial charge in [-0.25, -0.2) is 9.78 Å². The van der Waals surface area contributed by atoms with E-state index in [4.69, 9.17) is 14.5 Å². The van der Waals surface area contributed by atoms with E-state index in [0.29, 0.717) is 5.92 Å². The Morgan fingerprint density at radius 3 is 2.72 bits per heavy atom. The lowest BCUT2D eigenvalue weighted by atomic mass is 9.90. The average molecular weight is 418 g/mol. The summed E-state index contributed by atoms with van der Waals surface area (Å²) in [6.45, 7) is 12.0. The first-order valence-corrected chi connectivity index (χ1v) is 11.3. The van der Waals surface area contributed by atoms with Gasteiger partial charge in [0.1, 0.15) is 5.60 Å². The number of rotatable bonds is 2. The highest BCUT2D eigenvalue weighted by Gasteiger charge is 2.34. The molecule has 3 heterocycles. The number of aromatic nitrogens is 1. The molecule has 1 amide bonds. The number of benzene rings is 1. The van der Waals surface area contributed by atoms with Crippen LogP contribution in [0.1, 0.15) is 52.1 Å². The van der Waals surface area contributed by atoms with E-state index >= 15 is 0 Å². The molecule has 29 heavy (non-hydrogen) atoms. The largest absolute Gasteiger partial charge is 0.444 e. The normalized spacial score (nSPS) is 23.4. The van der Waals surface area contributed by atoms with Crippen LogP contribution in [0.15, 0.2) is 18.2 Å². The number of thiazole rings is 1. The van der Waals surface area contributed by atoms with Gasteiger partial charge < -0.3 is 19.3 Å². The van der Waals surface area contributed by atoms with Crippen LogP contribution >= 0.6 is 11.3 Å². The van der Waals surface area contributed by atoms with Crippen molar-refractivity contribution in [2.24, 2.45) is 5.92 Å². The summed E-state index contributed by atoms with van der Waals surface area (Å²) in [7, 11) is 0. The number of hydrogen-bond donors (Lipinski definition) is 0. The van der Waals surface area contributed by atoms with E-state index in [1.54, 1.807) is 11.3 Å². The second kappa shape index (κ2) is 8.11. The maximum Gasteiger partial charge on any atom is 0.410 e. The van der Waals surface area contributed by atoms with Gasteiger partial charge in [-0.05, 0) is 57.2 Å². The Morgan fingerprint density at radius 2 is 2.00 bits per heavy atom. The SMILES string of the molecule is C[C@H]1CC[C@H](c2ccc3sc(N4CCOCC4)nc3c2)N(C(=O)OC(C)(C)C)C1. The fourth-order valence-electron chi connectivity index (χ4n) is 4.05. The number of morpholine rings is 1. The number of nitrogens with zero attached hydrogens (tertiary/aromatic N) is 3. The van der Waals surface area contributed by atoms with Gasteiger partial charge in [0.2, 0.25) is 0 Å². The van der Waals surface area contributed by atoms with Crippen molar-refractivity contribution in [1.29, 1.82) is 0 Å². The third-order valence-electron chi connectivity index (χ3n) is 5.51. The average Bonchev–Trinajstić information content (AvgIpc) is 3.10. The fourth-order valence-corrected chi connectivity index (χ4v) is 5.05. The predicted molar refractivity (Wildman–Crippen MR) is 117 cm³/mol. The minimum atomic E-state index is -0.492. The number of fused-ring (bicyclic) bond motifs is 1. The van der Waals surface area contributed by atoms with Gasteiger partial charge in [0, 0.05) is 19.6 Å². The monoisotopic (exact) mass is 417 g/mol. The number of anilines is 1. The zero-order chi connectivity index (χ0) is 20.6. The number of carbonyl (C=O) groups is 1. The van der Waals surface area contributed by atoms with Crippen LogP contribution in [0, 0.1) is 5.92 Å². The number of piperidine rings is 1. The smallest absolute Gasteiger partial charge is 0.410 e. The highest BCUT2D eigenvalue weighted by Crippen LogP contribution is 2.37. The van der Waals surface area contributed by atoms with Gasteiger partial charge in [0.05, 0.1) is 29.5 Å². The van der Waals surface area contributed by atoms with Gasteiger partial charge in [0.25, 0.3) is 0 Å². The Morgan fingerprint density at radius 1 is 1.24 bits per heavy atom. The van der Waals surface area contributed by atoms with Crippen LogP contribution < -0.4 is 4.90 Å². The number of ether oxygens (including phenoxy) is 2. The summed E-state index contributed by atoms with van der Waals surface area (Å²) in [5.74, 6) is 0.481. The second-order valence-corrected chi connectivity index (χ2v) is 10.2.